The quantitative estimate of drug-likeness (QED) is 0.562. The van der Waals surface area contributed by atoms with Gasteiger partial charge in [0.25, 0.3) is 0 Å². The second kappa shape index (κ2) is 8.92. The first-order valence-electron chi connectivity index (χ1n) is 10.0. The Balaban J connectivity index is 1.46. The molecular formula is C25H23NO5. The lowest BCUT2D eigenvalue weighted by Gasteiger charge is -2.44. The minimum absolute atomic E-state index is 0.201. The van der Waals surface area contributed by atoms with E-state index in [1.54, 1.807) is 31.4 Å². The van der Waals surface area contributed by atoms with Crippen LogP contribution in [-0.2, 0) is 22.6 Å². The SMILES string of the molecule is COc1ccc(N2C(=O)[C@@H](Cc3cccc(OCc4ccccc4)c3)[C@H]2C(=O)O)cc1. The Kier molecular flexibility index (Phi) is 5.89. The number of ether oxygens (including phenoxy) is 2. The maximum atomic E-state index is 12.8. The zero-order valence-electron chi connectivity index (χ0n) is 17.1. The van der Waals surface area contributed by atoms with Crippen LogP contribution >= 0.6 is 0 Å². The molecule has 0 aromatic heterocycles. The van der Waals surface area contributed by atoms with E-state index in [2.05, 4.69) is 0 Å². The van der Waals surface area contributed by atoms with Crippen LogP contribution in [0.2, 0.25) is 0 Å². The van der Waals surface area contributed by atoms with Gasteiger partial charge in [-0.15, -0.1) is 0 Å². The summed E-state index contributed by atoms with van der Waals surface area (Å²) in [5, 5.41) is 9.75. The minimum atomic E-state index is -1.02. The summed E-state index contributed by atoms with van der Waals surface area (Å²) >= 11 is 0. The molecular weight excluding hydrogens is 394 g/mol. The number of carboxylic acids is 1. The van der Waals surface area contributed by atoms with Gasteiger partial charge in [0.1, 0.15) is 24.1 Å². The molecule has 0 unspecified atom stereocenters. The summed E-state index contributed by atoms with van der Waals surface area (Å²) in [5.41, 5.74) is 2.47. The fourth-order valence-electron chi connectivity index (χ4n) is 3.82. The average Bonchev–Trinajstić information content (AvgIpc) is 2.80. The second-order valence-electron chi connectivity index (χ2n) is 7.42. The minimum Gasteiger partial charge on any atom is -0.497 e. The third kappa shape index (κ3) is 4.38. The van der Waals surface area contributed by atoms with Gasteiger partial charge in [0.2, 0.25) is 5.91 Å². The highest BCUT2D eigenvalue weighted by Gasteiger charge is 2.52. The van der Waals surface area contributed by atoms with E-state index in [-0.39, 0.29) is 5.91 Å². The topological polar surface area (TPSA) is 76.1 Å². The Labute approximate surface area is 180 Å². The zero-order valence-corrected chi connectivity index (χ0v) is 17.1. The standard InChI is InChI=1S/C25H23NO5/c1-30-20-12-10-19(11-13-20)26-23(25(28)29)22(24(26)27)15-18-8-5-9-21(14-18)31-16-17-6-3-2-4-7-17/h2-14,22-23H,15-16H2,1H3,(H,28,29)/t22-,23-/m0/s1. The van der Waals surface area contributed by atoms with Gasteiger partial charge in [-0.2, -0.15) is 0 Å². The van der Waals surface area contributed by atoms with E-state index in [1.165, 1.54) is 4.90 Å². The van der Waals surface area contributed by atoms with Crippen LogP contribution in [0.1, 0.15) is 11.1 Å². The zero-order chi connectivity index (χ0) is 21.8. The number of carbonyl (C=O) groups is 2. The van der Waals surface area contributed by atoms with Crippen molar-refractivity contribution in [1.82, 2.24) is 0 Å². The molecule has 0 bridgehead atoms. The predicted molar refractivity (Wildman–Crippen MR) is 116 cm³/mol. The van der Waals surface area contributed by atoms with Gasteiger partial charge >= 0.3 is 5.97 Å². The molecule has 6 nitrogen and oxygen atoms in total. The predicted octanol–water partition coefficient (Wildman–Crippen LogP) is 3.93. The maximum Gasteiger partial charge on any atom is 0.327 e. The third-order valence-corrected chi connectivity index (χ3v) is 5.42. The fraction of sp³-hybridized carbons (Fsp3) is 0.200. The van der Waals surface area contributed by atoms with Gasteiger partial charge in [0.15, 0.2) is 0 Å². The van der Waals surface area contributed by atoms with Gasteiger partial charge in [0.05, 0.1) is 13.0 Å². The van der Waals surface area contributed by atoms with Crippen molar-refractivity contribution in [1.29, 1.82) is 0 Å². The molecule has 0 saturated carbocycles. The van der Waals surface area contributed by atoms with E-state index in [9.17, 15) is 14.7 Å². The molecule has 1 amide bonds. The van der Waals surface area contributed by atoms with Gasteiger partial charge in [-0.25, -0.2) is 4.79 Å². The molecule has 1 N–H and O–H groups in total. The summed E-state index contributed by atoms with van der Waals surface area (Å²) in [5.74, 6) is -0.506. The van der Waals surface area contributed by atoms with Gasteiger partial charge in [0, 0.05) is 5.69 Å². The number of hydrogen-bond acceptors (Lipinski definition) is 4. The molecule has 6 heteroatoms. The van der Waals surface area contributed by atoms with Crippen LogP contribution in [0.25, 0.3) is 0 Å². The van der Waals surface area contributed by atoms with Crippen LogP contribution in [0.3, 0.4) is 0 Å². The smallest absolute Gasteiger partial charge is 0.327 e. The van der Waals surface area contributed by atoms with Crippen LogP contribution < -0.4 is 14.4 Å². The van der Waals surface area contributed by atoms with Crippen LogP contribution in [0, 0.1) is 5.92 Å². The number of nitrogens with zero attached hydrogens (tertiary/aromatic N) is 1. The molecule has 1 aliphatic rings. The highest BCUT2D eigenvalue weighted by molar-refractivity contribution is 6.10. The largest absolute Gasteiger partial charge is 0.497 e. The molecule has 0 aliphatic carbocycles. The molecule has 1 aliphatic heterocycles. The van der Waals surface area contributed by atoms with Crippen LogP contribution in [0.4, 0.5) is 5.69 Å². The van der Waals surface area contributed by atoms with Crippen molar-refractivity contribution in [3.05, 3.63) is 90.0 Å². The highest BCUT2D eigenvalue weighted by Crippen LogP contribution is 2.36. The van der Waals surface area contributed by atoms with Crippen molar-refractivity contribution in [3.8, 4) is 11.5 Å². The van der Waals surface area contributed by atoms with Crippen molar-refractivity contribution in [3.63, 3.8) is 0 Å². The number of hydrogen-bond donors (Lipinski definition) is 1. The summed E-state index contributed by atoms with van der Waals surface area (Å²) in [7, 11) is 1.55. The molecule has 158 valence electrons. The van der Waals surface area contributed by atoms with Crippen molar-refractivity contribution >= 4 is 17.6 Å². The number of benzene rings is 3. The summed E-state index contributed by atoms with van der Waals surface area (Å²) < 4.78 is 11.0. The van der Waals surface area contributed by atoms with Gasteiger partial charge in [-0.1, -0.05) is 42.5 Å². The summed E-state index contributed by atoms with van der Waals surface area (Å²) in [6.07, 6.45) is 0.338. The van der Waals surface area contributed by atoms with Crippen LogP contribution in [-0.4, -0.2) is 30.1 Å². The molecule has 2 atom stereocenters. The number of methoxy groups -OCH3 is 1. The Bertz CT molecular complexity index is 1060. The van der Waals surface area contributed by atoms with E-state index in [0.29, 0.717) is 30.2 Å². The Morgan fingerprint density at radius 3 is 2.32 bits per heavy atom. The first-order chi connectivity index (χ1) is 15.1. The number of β-lactam (4-membered cyclic amide) rings is 1. The number of amides is 1. The Morgan fingerprint density at radius 1 is 0.935 bits per heavy atom. The molecule has 1 saturated heterocycles. The number of aliphatic carboxylic acids is 1. The highest BCUT2D eigenvalue weighted by atomic mass is 16.5. The van der Waals surface area contributed by atoms with Crippen molar-refractivity contribution in [2.75, 3.05) is 12.0 Å². The van der Waals surface area contributed by atoms with Crippen LogP contribution in [0.5, 0.6) is 11.5 Å². The number of carboxylic acid groups (broad SMARTS) is 1. The van der Waals surface area contributed by atoms with E-state index in [1.807, 2.05) is 54.6 Å². The monoisotopic (exact) mass is 417 g/mol. The molecule has 1 heterocycles. The van der Waals surface area contributed by atoms with E-state index < -0.39 is 17.9 Å². The van der Waals surface area contributed by atoms with E-state index in [4.69, 9.17) is 9.47 Å². The average molecular weight is 417 g/mol. The molecule has 1 fully saturated rings. The lowest BCUT2D eigenvalue weighted by molar-refractivity contribution is -0.149. The van der Waals surface area contributed by atoms with Gasteiger partial charge in [-0.05, 0) is 53.9 Å². The fourth-order valence-corrected chi connectivity index (χ4v) is 3.82. The Morgan fingerprint density at radius 2 is 1.65 bits per heavy atom. The van der Waals surface area contributed by atoms with Gasteiger partial charge in [-0.3, -0.25) is 9.69 Å². The summed E-state index contributed by atoms with van der Waals surface area (Å²) in [6, 6.07) is 23.2. The second-order valence-corrected chi connectivity index (χ2v) is 7.42. The lowest BCUT2D eigenvalue weighted by atomic mass is 9.81. The number of rotatable bonds is 8. The summed E-state index contributed by atoms with van der Waals surface area (Å²) in [6.45, 7) is 0.440. The molecule has 0 radical (unpaired) electrons. The molecule has 4 rings (SSSR count). The number of anilines is 1. The lowest BCUT2D eigenvalue weighted by Crippen LogP contribution is -2.65. The van der Waals surface area contributed by atoms with Gasteiger partial charge < -0.3 is 14.6 Å². The maximum absolute atomic E-state index is 12.8. The van der Waals surface area contributed by atoms with Crippen molar-refractivity contribution in [2.45, 2.75) is 19.1 Å². The normalized spacial score (nSPS) is 17.7. The van der Waals surface area contributed by atoms with Crippen molar-refractivity contribution in [2.24, 2.45) is 5.92 Å². The molecule has 0 spiro atoms. The van der Waals surface area contributed by atoms with E-state index in [0.717, 1.165) is 11.1 Å². The number of carbonyl (C=O) groups excluding carboxylic acids is 1. The first-order valence-corrected chi connectivity index (χ1v) is 10.0. The van der Waals surface area contributed by atoms with Crippen molar-refractivity contribution < 1.29 is 24.2 Å². The third-order valence-electron chi connectivity index (χ3n) is 5.42. The Hall–Kier alpha value is -3.80. The molecule has 3 aromatic carbocycles. The van der Waals surface area contributed by atoms with E-state index >= 15 is 0 Å². The summed E-state index contributed by atoms with van der Waals surface area (Å²) in [4.78, 5) is 26.1. The molecule has 3 aromatic rings. The molecule has 31 heavy (non-hydrogen) atoms. The van der Waals surface area contributed by atoms with Crippen LogP contribution in [0.15, 0.2) is 78.9 Å². The first kappa shape index (κ1) is 20.5.